The third-order valence-electron chi connectivity index (χ3n) is 6.15. The van der Waals surface area contributed by atoms with Gasteiger partial charge in [0.05, 0.1) is 10.5 Å². The number of amides is 1. The molecule has 0 aromatic heterocycles. The molecule has 0 spiro atoms. The number of hydrogen-bond acceptors (Lipinski definition) is 4. The molecule has 0 heterocycles. The molecular weight excluding hydrogens is 428 g/mol. The summed E-state index contributed by atoms with van der Waals surface area (Å²) in [5.41, 5.74) is 3.35. The first-order chi connectivity index (χ1) is 16.4. The zero-order valence-corrected chi connectivity index (χ0v) is 21.2. The Morgan fingerprint density at radius 1 is 0.912 bits per heavy atom. The molecule has 0 aliphatic rings. The third-order valence-corrected chi connectivity index (χ3v) is 6.15. The summed E-state index contributed by atoms with van der Waals surface area (Å²) in [4.78, 5) is 26.1. The van der Waals surface area contributed by atoms with E-state index in [0.717, 1.165) is 68.1 Å². The van der Waals surface area contributed by atoms with Crippen molar-refractivity contribution >= 4 is 11.8 Å². The molecule has 186 valence electrons. The lowest BCUT2D eigenvalue weighted by atomic mass is 9.99. The van der Waals surface area contributed by atoms with Crippen LogP contribution in [0.15, 0.2) is 42.5 Å². The summed E-state index contributed by atoms with van der Waals surface area (Å²) in [5.74, 6) is 0. The van der Waals surface area contributed by atoms with Crippen molar-refractivity contribution in [3.8, 4) is 11.1 Å². The van der Waals surface area contributed by atoms with Crippen LogP contribution < -0.4 is 0 Å². The smallest absolute Gasteiger partial charge is 0.410 e. The number of nitrogens with zero attached hydrogens (tertiary/aromatic N) is 2. The number of benzene rings is 2. The fraction of sp³-hybridized carbons (Fsp3) is 0.536. The summed E-state index contributed by atoms with van der Waals surface area (Å²) in [6.45, 7) is 9.37. The van der Waals surface area contributed by atoms with Crippen LogP contribution in [0, 0.1) is 17.0 Å². The molecule has 0 fully saturated rings. The third kappa shape index (κ3) is 8.47. The van der Waals surface area contributed by atoms with Crippen LogP contribution in [-0.2, 0) is 4.74 Å². The minimum absolute atomic E-state index is 0.0337. The van der Waals surface area contributed by atoms with Gasteiger partial charge in [-0.15, -0.1) is 0 Å². The van der Waals surface area contributed by atoms with E-state index in [0.29, 0.717) is 18.7 Å². The second-order valence-electron chi connectivity index (χ2n) is 9.03. The molecular formula is C28H40N2O4. The largest absolute Gasteiger partial charge is 0.441 e. The Kier molecular flexibility index (Phi) is 11.6. The Labute approximate surface area is 204 Å². The topological polar surface area (TPSA) is 72.7 Å². The van der Waals surface area contributed by atoms with Crippen molar-refractivity contribution in [2.75, 3.05) is 13.1 Å². The highest BCUT2D eigenvalue weighted by atomic mass is 16.6. The van der Waals surface area contributed by atoms with Crippen molar-refractivity contribution in [2.45, 2.75) is 85.2 Å². The quantitative estimate of drug-likeness (QED) is 0.159. The van der Waals surface area contributed by atoms with Gasteiger partial charge in [0.2, 0.25) is 0 Å². The Morgan fingerprint density at radius 2 is 1.47 bits per heavy atom. The molecule has 2 aromatic rings. The minimum Gasteiger partial charge on any atom is -0.441 e. The van der Waals surface area contributed by atoms with Crippen molar-refractivity contribution in [2.24, 2.45) is 0 Å². The summed E-state index contributed by atoms with van der Waals surface area (Å²) in [6.07, 6.45) is 7.48. The lowest BCUT2D eigenvalue weighted by Gasteiger charge is -2.24. The molecule has 1 atom stereocenters. The van der Waals surface area contributed by atoms with Gasteiger partial charge in [-0.2, -0.15) is 0 Å². The highest BCUT2D eigenvalue weighted by molar-refractivity contribution is 5.70. The summed E-state index contributed by atoms with van der Waals surface area (Å²) in [6, 6.07) is 13.0. The molecule has 6 nitrogen and oxygen atoms in total. The monoisotopic (exact) mass is 468 g/mol. The van der Waals surface area contributed by atoms with Crippen LogP contribution in [0.25, 0.3) is 11.1 Å². The SMILES string of the molecule is CCCCCCN(CCCCCC)C(=O)OC(C)c1cc(-c2ccc(C)cc2)ccc1[N+](=O)[O-]. The molecule has 0 saturated carbocycles. The van der Waals surface area contributed by atoms with E-state index in [1.807, 2.05) is 31.2 Å². The van der Waals surface area contributed by atoms with Crippen molar-refractivity contribution in [1.29, 1.82) is 0 Å². The van der Waals surface area contributed by atoms with Crippen LogP contribution in [0.2, 0.25) is 0 Å². The minimum atomic E-state index is -0.730. The maximum Gasteiger partial charge on any atom is 0.410 e. The highest BCUT2D eigenvalue weighted by Gasteiger charge is 2.25. The van der Waals surface area contributed by atoms with Crippen LogP contribution in [-0.4, -0.2) is 29.0 Å². The Balaban J connectivity index is 2.18. The molecule has 0 aliphatic heterocycles. The summed E-state index contributed by atoms with van der Waals surface area (Å²) in [5, 5.41) is 11.7. The molecule has 2 rings (SSSR count). The molecule has 1 unspecified atom stereocenters. The van der Waals surface area contributed by atoms with E-state index in [-0.39, 0.29) is 5.69 Å². The number of nitro benzene ring substituents is 1. The Hall–Kier alpha value is -2.89. The maximum absolute atomic E-state index is 13.1. The number of aryl methyl sites for hydroxylation is 1. The number of hydrogen-bond donors (Lipinski definition) is 0. The van der Waals surface area contributed by atoms with Gasteiger partial charge in [-0.1, -0.05) is 82.2 Å². The number of unbranched alkanes of at least 4 members (excludes halogenated alkanes) is 6. The molecule has 1 amide bonds. The standard InChI is InChI=1S/C28H40N2O4/c1-5-7-9-11-19-29(20-12-10-8-6-2)28(31)34-23(4)26-21-25(17-18-27(26)30(32)33)24-15-13-22(3)14-16-24/h13-18,21,23H,5-12,19-20H2,1-4H3. The molecule has 0 saturated heterocycles. The lowest BCUT2D eigenvalue weighted by Crippen LogP contribution is -2.34. The number of carbonyl (C=O) groups excluding carboxylic acids is 1. The van der Waals surface area contributed by atoms with Crippen molar-refractivity contribution < 1.29 is 14.5 Å². The number of rotatable bonds is 14. The average molecular weight is 469 g/mol. The van der Waals surface area contributed by atoms with Crippen molar-refractivity contribution in [3.63, 3.8) is 0 Å². The van der Waals surface area contributed by atoms with Crippen molar-refractivity contribution in [3.05, 3.63) is 63.7 Å². The van der Waals surface area contributed by atoms with Crippen molar-refractivity contribution in [1.82, 2.24) is 4.90 Å². The van der Waals surface area contributed by atoms with Gasteiger partial charge in [-0.05, 0) is 49.9 Å². The second-order valence-corrected chi connectivity index (χ2v) is 9.03. The summed E-state index contributed by atoms with van der Waals surface area (Å²) in [7, 11) is 0. The van der Waals surface area contributed by atoms with E-state index in [1.54, 1.807) is 24.0 Å². The van der Waals surface area contributed by atoms with Gasteiger partial charge >= 0.3 is 6.09 Å². The van der Waals surface area contributed by atoms with Crippen LogP contribution in [0.1, 0.15) is 89.4 Å². The van der Waals surface area contributed by atoms with Crippen LogP contribution in [0.4, 0.5) is 10.5 Å². The predicted octanol–water partition coefficient (Wildman–Crippen LogP) is 8.23. The first-order valence-electron chi connectivity index (χ1n) is 12.7. The molecule has 2 aromatic carbocycles. The van der Waals surface area contributed by atoms with Gasteiger partial charge in [0.1, 0.15) is 6.10 Å². The number of nitro groups is 1. The zero-order chi connectivity index (χ0) is 24.9. The molecule has 0 bridgehead atoms. The Bertz CT molecular complexity index is 899. The average Bonchev–Trinajstić information content (AvgIpc) is 2.83. The Morgan fingerprint density at radius 3 is 2.00 bits per heavy atom. The summed E-state index contributed by atoms with van der Waals surface area (Å²) < 4.78 is 5.80. The molecule has 34 heavy (non-hydrogen) atoms. The van der Waals surface area contributed by atoms with Gasteiger partial charge < -0.3 is 9.64 Å². The van der Waals surface area contributed by atoms with Crippen LogP contribution >= 0.6 is 0 Å². The highest BCUT2D eigenvalue weighted by Crippen LogP contribution is 2.33. The predicted molar refractivity (Wildman–Crippen MR) is 138 cm³/mol. The van der Waals surface area contributed by atoms with E-state index in [9.17, 15) is 14.9 Å². The molecule has 6 heteroatoms. The van der Waals surface area contributed by atoms with E-state index >= 15 is 0 Å². The van der Waals surface area contributed by atoms with E-state index in [4.69, 9.17) is 4.74 Å². The first-order valence-corrected chi connectivity index (χ1v) is 12.7. The van der Waals surface area contributed by atoms with Gasteiger partial charge in [-0.25, -0.2) is 4.79 Å². The van der Waals surface area contributed by atoms with E-state index < -0.39 is 17.1 Å². The maximum atomic E-state index is 13.1. The second kappa shape index (κ2) is 14.4. The molecule has 0 aliphatic carbocycles. The first kappa shape index (κ1) is 27.4. The van der Waals surface area contributed by atoms with Crippen LogP contribution in [0.5, 0.6) is 0 Å². The number of ether oxygens (including phenoxy) is 1. The fourth-order valence-electron chi connectivity index (χ4n) is 4.01. The zero-order valence-electron chi connectivity index (χ0n) is 21.2. The fourth-order valence-corrected chi connectivity index (χ4v) is 4.01. The molecule has 0 N–H and O–H groups in total. The van der Waals surface area contributed by atoms with Crippen LogP contribution in [0.3, 0.4) is 0 Å². The normalized spacial score (nSPS) is 11.8. The summed E-state index contributed by atoms with van der Waals surface area (Å²) >= 11 is 0. The van der Waals surface area contributed by atoms with Gasteiger partial charge in [0.25, 0.3) is 5.69 Å². The van der Waals surface area contributed by atoms with Gasteiger partial charge in [0.15, 0.2) is 0 Å². The number of carbonyl (C=O) groups is 1. The van der Waals surface area contributed by atoms with E-state index in [1.165, 1.54) is 6.07 Å². The van der Waals surface area contributed by atoms with Gasteiger partial charge in [0, 0.05) is 19.2 Å². The van der Waals surface area contributed by atoms with E-state index in [2.05, 4.69) is 13.8 Å². The van der Waals surface area contributed by atoms with Gasteiger partial charge in [-0.3, -0.25) is 10.1 Å². The molecule has 0 radical (unpaired) electrons. The lowest BCUT2D eigenvalue weighted by molar-refractivity contribution is -0.386.